The van der Waals surface area contributed by atoms with Crippen LogP contribution in [0.4, 0.5) is 0 Å². The van der Waals surface area contributed by atoms with Crippen molar-refractivity contribution in [1.29, 1.82) is 0 Å². The number of esters is 1. The van der Waals surface area contributed by atoms with Gasteiger partial charge >= 0.3 is 11.9 Å². The van der Waals surface area contributed by atoms with Crippen LogP contribution in [0.25, 0.3) is 0 Å². The van der Waals surface area contributed by atoms with Gasteiger partial charge in [0, 0.05) is 12.8 Å². The molecule has 0 aromatic carbocycles. The van der Waals surface area contributed by atoms with Crippen molar-refractivity contribution < 1.29 is 19.4 Å². The van der Waals surface area contributed by atoms with E-state index in [1.807, 2.05) is 0 Å². The van der Waals surface area contributed by atoms with E-state index >= 15 is 0 Å². The van der Waals surface area contributed by atoms with Gasteiger partial charge in [0.25, 0.3) is 0 Å². The molecule has 0 aliphatic rings. The molecule has 0 saturated carbocycles. The molecule has 0 aromatic rings. The smallest absolute Gasteiger partial charge is 0.305 e. The Kier molecular flexibility index (Phi) is 27.5. The van der Waals surface area contributed by atoms with Crippen molar-refractivity contribution in [3.8, 4) is 0 Å². The monoisotopic (exact) mass is 412 g/mol. The van der Waals surface area contributed by atoms with Crippen LogP contribution in [0.5, 0.6) is 0 Å². The molecule has 4 nitrogen and oxygen atoms in total. The number of carbonyl (C=O) groups excluding carboxylic acids is 1. The third kappa shape index (κ3) is 31.6. The van der Waals surface area contributed by atoms with Crippen molar-refractivity contribution in [2.24, 2.45) is 0 Å². The number of unbranched alkanes of at least 4 members (excludes halogenated alkanes) is 13. The highest BCUT2D eigenvalue weighted by atomic mass is 16.5. The molecular formula is C25H48O4. The molecule has 0 spiro atoms. The first-order chi connectivity index (χ1) is 14.1. The second-order valence-corrected chi connectivity index (χ2v) is 7.76. The van der Waals surface area contributed by atoms with Gasteiger partial charge in [-0.25, -0.2) is 0 Å². The summed E-state index contributed by atoms with van der Waals surface area (Å²) in [4.78, 5) is 20.8. The molecule has 0 heterocycles. The Hall–Kier alpha value is -1.32. The summed E-state index contributed by atoms with van der Waals surface area (Å²) in [6.07, 6.45) is 25.0. The summed E-state index contributed by atoms with van der Waals surface area (Å²) >= 11 is 0. The molecular weight excluding hydrogens is 364 g/mol. The van der Waals surface area contributed by atoms with Crippen LogP contribution in [0.1, 0.15) is 129 Å². The van der Waals surface area contributed by atoms with Crippen molar-refractivity contribution in [3.63, 3.8) is 0 Å². The fourth-order valence-corrected chi connectivity index (χ4v) is 2.97. The Bertz CT molecular complexity index is 377. The summed E-state index contributed by atoms with van der Waals surface area (Å²) in [5.74, 6) is -0.758. The van der Waals surface area contributed by atoms with Gasteiger partial charge in [-0.3, -0.25) is 9.59 Å². The van der Waals surface area contributed by atoms with Gasteiger partial charge in [0.15, 0.2) is 0 Å². The topological polar surface area (TPSA) is 63.6 Å². The Labute approximate surface area is 180 Å². The quantitative estimate of drug-likeness (QED) is 0.133. The van der Waals surface area contributed by atoms with Gasteiger partial charge in [-0.05, 0) is 38.5 Å². The molecule has 172 valence electrons. The molecule has 0 bridgehead atoms. The first-order valence-corrected chi connectivity index (χ1v) is 12.0. The number of carboxylic acid groups (broad SMARTS) is 1. The molecule has 0 fully saturated rings. The minimum absolute atomic E-state index is 0.0940. The average molecular weight is 413 g/mol. The van der Waals surface area contributed by atoms with Crippen molar-refractivity contribution >= 4 is 11.9 Å². The van der Waals surface area contributed by atoms with Gasteiger partial charge in [-0.1, -0.05) is 90.2 Å². The number of methoxy groups -OCH3 is 1. The Morgan fingerprint density at radius 1 is 0.655 bits per heavy atom. The fraction of sp³-hybridized carbons (Fsp3) is 0.840. The zero-order valence-corrected chi connectivity index (χ0v) is 19.6. The van der Waals surface area contributed by atoms with Crippen LogP contribution < -0.4 is 0 Å². The maximum Gasteiger partial charge on any atom is 0.305 e. The van der Waals surface area contributed by atoms with E-state index in [1.165, 1.54) is 77.7 Å². The summed E-state index contributed by atoms with van der Waals surface area (Å²) in [5, 5.41) is 8.51. The molecule has 4 heteroatoms. The van der Waals surface area contributed by atoms with E-state index in [1.54, 1.807) is 0 Å². The van der Waals surface area contributed by atoms with Crippen molar-refractivity contribution in [2.75, 3.05) is 7.11 Å². The zero-order chi connectivity index (χ0) is 22.0. The molecule has 0 saturated heterocycles. The highest BCUT2D eigenvalue weighted by Gasteiger charge is 1.97. The highest BCUT2D eigenvalue weighted by molar-refractivity contribution is 5.68. The molecule has 0 atom stereocenters. The molecule has 29 heavy (non-hydrogen) atoms. The maximum atomic E-state index is 10.5. The second-order valence-electron chi connectivity index (χ2n) is 7.76. The van der Waals surface area contributed by atoms with E-state index in [0.717, 1.165) is 32.1 Å². The minimum atomic E-state index is -0.664. The SMILES string of the molecule is CCCCCC(=O)OC.CCCCCCCC/C=C\CCCCCCCC(=O)O. The lowest BCUT2D eigenvalue weighted by atomic mass is 10.1. The molecule has 0 rings (SSSR count). The number of aliphatic carboxylic acids is 1. The van der Waals surface area contributed by atoms with Crippen LogP contribution in [-0.2, 0) is 14.3 Å². The Morgan fingerprint density at radius 3 is 1.55 bits per heavy atom. The van der Waals surface area contributed by atoms with Gasteiger partial charge in [0.05, 0.1) is 7.11 Å². The fourth-order valence-electron chi connectivity index (χ4n) is 2.97. The normalized spacial score (nSPS) is 10.6. The Balaban J connectivity index is 0. The highest BCUT2D eigenvalue weighted by Crippen LogP contribution is 2.09. The summed E-state index contributed by atoms with van der Waals surface area (Å²) in [7, 11) is 1.42. The van der Waals surface area contributed by atoms with Crippen LogP contribution in [0, 0.1) is 0 Å². The predicted octanol–water partition coefficient (Wildman–Crippen LogP) is 7.85. The van der Waals surface area contributed by atoms with E-state index in [0.29, 0.717) is 12.8 Å². The van der Waals surface area contributed by atoms with E-state index in [2.05, 4.69) is 30.7 Å². The van der Waals surface area contributed by atoms with Crippen molar-refractivity contribution in [3.05, 3.63) is 12.2 Å². The molecule has 0 aromatic heterocycles. The number of ether oxygens (including phenoxy) is 1. The standard InChI is InChI=1S/C18H34O2.C7H14O2/c1-2-3-4-5-6-7-8-9-10-11-12-13-14-15-16-17-18(19)20;1-3-4-5-6-7(8)9-2/h9-10H,2-8,11-17H2,1H3,(H,19,20);3-6H2,1-2H3/b10-9-;. The second kappa shape index (κ2) is 26.7. The van der Waals surface area contributed by atoms with Crippen LogP contribution in [-0.4, -0.2) is 24.2 Å². The number of allylic oxidation sites excluding steroid dienone is 2. The van der Waals surface area contributed by atoms with E-state index in [-0.39, 0.29) is 5.97 Å². The number of hydrogen-bond acceptors (Lipinski definition) is 3. The molecule has 0 unspecified atom stereocenters. The van der Waals surface area contributed by atoms with E-state index < -0.39 is 5.97 Å². The van der Waals surface area contributed by atoms with Gasteiger partial charge in [-0.2, -0.15) is 0 Å². The van der Waals surface area contributed by atoms with Crippen molar-refractivity contribution in [1.82, 2.24) is 0 Å². The third-order valence-electron chi connectivity index (χ3n) is 4.86. The lowest BCUT2D eigenvalue weighted by Crippen LogP contribution is -1.98. The first-order valence-electron chi connectivity index (χ1n) is 12.0. The molecule has 1 N–H and O–H groups in total. The molecule has 0 amide bonds. The zero-order valence-electron chi connectivity index (χ0n) is 19.6. The number of carboxylic acids is 1. The lowest BCUT2D eigenvalue weighted by Gasteiger charge is -1.99. The van der Waals surface area contributed by atoms with Crippen LogP contribution in [0.2, 0.25) is 0 Å². The summed E-state index contributed by atoms with van der Waals surface area (Å²) in [5.41, 5.74) is 0. The van der Waals surface area contributed by atoms with Crippen LogP contribution >= 0.6 is 0 Å². The molecule has 0 aliphatic heterocycles. The van der Waals surface area contributed by atoms with Crippen LogP contribution in [0.3, 0.4) is 0 Å². The van der Waals surface area contributed by atoms with E-state index in [9.17, 15) is 9.59 Å². The number of hydrogen-bond donors (Lipinski definition) is 1. The largest absolute Gasteiger partial charge is 0.481 e. The molecule has 0 radical (unpaired) electrons. The lowest BCUT2D eigenvalue weighted by molar-refractivity contribution is -0.140. The Morgan fingerprint density at radius 2 is 1.07 bits per heavy atom. The minimum Gasteiger partial charge on any atom is -0.481 e. The summed E-state index contributed by atoms with van der Waals surface area (Å²) in [6.45, 7) is 4.37. The van der Waals surface area contributed by atoms with Gasteiger partial charge in [0.2, 0.25) is 0 Å². The maximum absolute atomic E-state index is 10.5. The summed E-state index contributed by atoms with van der Waals surface area (Å²) in [6, 6.07) is 0. The van der Waals surface area contributed by atoms with E-state index in [4.69, 9.17) is 5.11 Å². The summed E-state index contributed by atoms with van der Waals surface area (Å²) < 4.78 is 4.46. The number of rotatable bonds is 19. The number of carbonyl (C=O) groups is 2. The van der Waals surface area contributed by atoms with Crippen LogP contribution in [0.15, 0.2) is 12.2 Å². The van der Waals surface area contributed by atoms with Gasteiger partial charge in [0.1, 0.15) is 0 Å². The third-order valence-corrected chi connectivity index (χ3v) is 4.86. The van der Waals surface area contributed by atoms with Gasteiger partial charge in [-0.15, -0.1) is 0 Å². The van der Waals surface area contributed by atoms with Crippen molar-refractivity contribution in [2.45, 2.75) is 129 Å². The predicted molar refractivity (Wildman–Crippen MR) is 123 cm³/mol. The van der Waals surface area contributed by atoms with Gasteiger partial charge < -0.3 is 9.84 Å². The first kappa shape index (κ1) is 29.9. The molecule has 0 aliphatic carbocycles. The average Bonchev–Trinajstić information content (AvgIpc) is 2.71.